The van der Waals surface area contributed by atoms with Crippen LogP contribution in [0.15, 0.2) is 24.3 Å². The van der Waals surface area contributed by atoms with Gasteiger partial charge in [-0.2, -0.15) is 0 Å². The minimum Gasteiger partial charge on any atom is -0.491 e. The molecule has 0 aliphatic heterocycles. The largest absolute Gasteiger partial charge is 0.491 e. The van der Waals surface area contributed by atoms with Crippen LogP contribution in [-0.2, 0) is 0 Å². The predicted molar refractivity (Wildman–Crippen MR) is 73.7 cm³/mol. The van der Waals surface area contributed by atoms with Crippen molar-refractivity contribution in [1.82, 2.24) is 5.32 Å². The minimum atomic E-state index is 0.235. The second-order valence-corrected chi connectivity index (χ2v) is 5.14. The van der Waals surface area contributed by atoms with Gasteiger partial charge in [0.05, 0.1) is 6.10 Å². The third-order valence-corrected chi connectivity index (χ3v) is 2.91. The highest BCUT2D eigenvalue weighted by Gasteiger charge is 2.14. The summed E-state index contributed by atoms with van der Waals surface area (Å²) in [4.78, 5) is 0. The summed E-state index contributed by atoms with van der Waals surface area (Å²) >= 11 is 0. The lowest BCUT2D eigenvalue weighted by molar-refractivity contribution is 0.242. The maximum atomic E-state index is 5.65. The summed E-state index contributed by atoms with van der Waals surface area (Å²) in [5, 5.41) is 3.26. The Kier molecular flexibility index (Phi) is 5.49. The van der Waals surface area contributed by atoms with Crippen molar-refractivity contribution in [2.45, 2.75) is 39.7 Å². The van der Waals surface area contributed by atoms with E-state index in [0.29, 0.717) is 11.8 Å². The molecule has 0 fully saturated rings. The van der Waals surface area contributed by atoms with Gasteiger partial charge in [0, 0.05) is 6.54 Å². The molecule has 17 heavy (non-hydrogen) atoms. The first-order valence-electron chi connectivity index (χ1n) is 6.45. The first-order chi connectivity index (χ1) is 8.04. The number of nitrogens with one attached hydrogen (secondary N) is 1. The maximum absolute atomic E-state index is 5.65. The van der Waals surface area contributed by atoms with Gasteiger partial charge in [0.25, 0.3) is 0 Å². The van der Waals surface area contributed by atoms with Gasteiger partial charge < -0.3 is 10.1 Å². The molecular formula is C15H25NO. The number of likely N-dealkylation sites (N-methyl/N-ethyl adjacent to an activating group) is 1. The van der Waals surface area contributed by atoms with Crippen molar-refractivity contribution in [3.05, 3.63) is 29.8 Å². The summed E-state index contributed by atoms with van der Waals surface area (Å²) in [6.45, 7) is 9.64. The van der Waals surface area contributed by atoms with Crippen LogP contribution in [0, 0.1) is 5.92 Å². The maximum Gasteiger partial charge on any atom is 0.119 e. The quantitative estimate of drug-likeness (QED) is 0.815. The Balaban J connectivity index is 2.77. The van der Waals surface area contributed by atoms with Gasteiger partial charge in [-0.05, 0) is 50.4 Å². The highest BCUT2D eigenvalue weighted by molar-refractivity contribution is 5.30. The number of hydrogen-bond acceptors (Lipinski definition) is 2. The van der Waals surface area contributed by atoms with E-state index < -0.39 is 0 Å². The molecule has 96 valence electrons. The molecule has 0 saturated heterocycles. The van der Waals surface area contributed by atoms with Crippen LogP contribution in [0.1, 0.15) is 39.2 Å². The molecule has 1 N–H and O–H groups in total. The van der Waals surface area contributed by atoms with Crippen LogP contribution in [0.5, 0.6) is 5.75 Å². The molecule has 0 aliphatic rings. The van der Waals surface area contributed by atoms with E-state index in [2.05, 4.69) is 43.4 Å². The molecule has 1 atom stereocenters. The molecular weight excluding hydrogens is 210 g/mol. The molecule has 0 heterocycles. The molecule has 0 aromatic heterocycles. The summed E-state index contributed by atoms with van der Waals surface area (Å²) in [7, 11) is 2.01. The molecule has 2 nitrogen and oxygen atoms in total. The van der Waals surface area contributed by atoms with Crippen molar-refractivity contribution in [1.29, 1.82) is 0 Å². The predicted octanol–water partition coefficient (Wildman–Crippen LogP) is 3.43. The van der Waals surface area contributed by atoms with Gasteiger partial charge in [-0.25, -0.2) is 0 Å². The van der Waals surface area contributed by atoms with E-state index in [-0.39, 0.29) is 6.10 Å². The zero-order chi connectivity index (χ0) is 12.8. The smallest absolute Gasteiger partial charge is 0.119 e. The van der Waals surface area contributed by atoms with Gasteiger partial charge in [0.15, 0.2) is 0 Å². The van der Waals surface area contributed by atoms with Crippen molar-refractivity contribution >= 4 is 0 Å². The number of hydrogen-bond donors (Lipinski definition) is 1. The Hall–Kier alpha value is -1.02. The van der Waals surface area contributed by atoms with Crippen LogP contribution < -0.4 is 10.1 Å². The zero-order valence-corrected chi connectivity index (χ0v) is 11.7. The van der Waals surface area contributed by atoms with Crippen molar-refractivity contribution < 1.29 is 4.74 Å². The zero-order valence-electron chi connectivity index (χ0n) is 11.7. The third-order valence-electron chi connectivity index (χ3n) is 2.91. The van der Waals surface area contributed by atoms with E-state index in [4.69, 9.17) is 4.74 Å². The van der Waals surface area contributed by atoms with Crippen LogP contribution >= 0.6 is 0 Å². The van der Waals surface area contributed by atoms with Crippen LogP contribution in [0.3, 0.4) is 0 Å². The Morgan fingerprint density at radius 1 is 1.06 bits per heavy atom. The van der Waals surface area contributed by atoms with E-state index >= 15 is 0 Å². The lowest BCUT2D eigenvalue weighted by Crippen LogP contribution is -2.21. The van der Waals surface area contributed by atoms with Crippen molar-refractivity contribution in [3.8, 4) is 5.75 Å². The van der Waals surface area contributed by atoms with Gasteiger partial charge in [-0.3, -0.25) is 0 Å². The highest BCUT2D eigenvalue weighted by atomic mass is 16.5. The topological polar surface area (TPSA) is 21.3 Å². The fraction of sp³-hybridized carbons (Fsp3) is 0.600. The molecule has 1 aromatic carbocycles. The van der Waals surface area contributed by atoms with Crippen LogP contribution in [0.4, 0.5) is 0 Å². The van der Waals surface area contributed by atoms with E-state index in [9.17, 15) is 0 Å². The Bertz CT molecular complexity index is 316. The fourth-order valence-corrected chi connectivity index (χ4v) is 2.02. The summed E-state index contributed by atoms with van der Waals surface area (Å²) < 4.78 is 5.65. The molecule has 2 heteroatoms. The number of benzene rings is 1. The molecule has 0 radical (unpaired) electrons. The number of ether oxygens (including phenoxy) is 1. The Labute approximate surface area is 105 Å². The summed E-state index contributed by atoms with van der Waals surface area (Å²) in [5.41, 5.74) is 1.38. The van der Waals surface area contributed by atoms with Crippen molar-refractivity contribution in [3.63, 3.8) is 0 Å². The Morgan fingerprint density at radius 2 is 1.65 bits per heavy atom. The average molecular weight is 235 g/mol. The van der Waals surface area contributed by atoms with E-state index in [1.54, 1.807) is 0 Å². The highest BCUT2D eigenvalue weighted by Crippen LogP contribution is 2.25. The SMILES string of the molecule is CNCC(c1ccc(OC(C)C)cc1)C(C)C. The standard InChI is InChI=1S/C15H25NO/c1-11(2)15(10-16-5)13-6-8-14(9-7-13)17-12(3)4/h6-9,11-12,15-16H,10H2,1-5H3. The van der Waals surface area contributed by atoms with Gasteiger partial charge in [0.1, 0.15) is 5.75 Å². The van der Waals surface area contributed by atoms with Crippen molar-refractivity contribution in [2.24, 2.45) is 5.92 Å². The number of rotatable bonds is 6. The lowest BCUT2D eigenvalue weighted by atomic mass is 9.88. The fourth-order valence-electron chi connectivity index (χ4n) is 2.02. The van der Waals surface area contributed by atoms with Gasteiger partial charge in [0.2, 0.25) is 0 Å². The molecule has 1 rings (SSSR count). The lowest BCUT2D eigenvalue weighted by Gasteiger charge is -2.21. The normalized spacial score (nSPS) is 13.1. The summed E-state index contributed by atoms with van der Waals surface area (Å²) in [6, 6.07) is 8.50. The van der Waals surface area contributed by atoms with Crippen LogP contribution in [-0.4, -0.2) is 19.7 Å². The van der Waals surface area contributed by atoms with E-state index in [0.717, 1.165) is 12.3 Å². The molecule has 0 amide bonds. The first-order valence-corrected chi connectivity index (χ1v) is 6.45. The van der Waals surface area contributed by atoms with Gasteiger partial charge in [-0.15, -0.1) is 0 Å². The second kappa shape index (κ2) is 6.65. The van der Waals surface area contributed by atoms with Crippen molar-refractivity contribution in [2.75, 3.05) is 13.6 Å². The molecule has 0 bridgehead atoms. The average Bonchev–Trinajstić information content (AvgIpc) is 2.26. The summed E-state index contributed by atoms with van der Waals surface area (Å²) in [6.07, 6.45) is 0.235. The third kappa shape index (κ3) is 4.39. The minimum absolute atomic E-state index is 0.235. The molecule has 1 aromatic rings. The van der Waals surface area contributed by atoms with Gasteiger partial charge in [-0.1, -0.05) is 26.0 Å². The summed E-state index contributed by atoms with van der Waals surface area (Å²) in [5.74, 6) is 2.16. The van der Waals surface area contributed by atoms with Gasteiger partial charge >= 0.3 is 0 Å². The van der Waals surface area contributed by atoms with E-state index in [1.807, 2.05) is 20.9 Å². The van der Waals surface area contributed by atoms with Crippen LogP contribution in [0.2, 0.25) is 0 Å². The first kappa shape index (κ1) is 14.0. The molecule has 0 spiro atoms. The molecule has 0 aliphatic carbocycles. The van der Waals surface area contributed by atoms with E-state index in [1.165, 1.54) is 5.56 Å². The molecule has 0 saturated carbocycles. The Morgan fingerprint density at radius 3 is 2.06 bits per heavy atom. The monoisotopic (exact) mass is 235 g/mol. The second-order valence-electron chi connectivity index (χ2n) is 5.14. The van der Waals surface area contributed by atoms with Crippen LogP contribution in [0.25, 0.3) is 0 Å². The molecule has 1 unspecified atom stereocenters.